The minimum atomic E-state index is -6.08. The van der Waals surface area contributed by atoms with Crippen LogP contribution in [0.4, 0.5) is 36.8 Å². The third-order valence-corrected chi connectivity index (χ3v) is 7.86. The Kier molecular flexibility index (Phi) is 8.03. The number of anilines is 1. The maximum atomic E-state index is 13.1. The van der Waals surface area contributed by atoms with Crippen LogP contribution in [0.1, 0.15) is 29.9 Å². The fraction of sp³-hybridized carbons (Fsp3) is 0.391. The fourth-order valence-electron chi connectivity index (χ4n) is 3.66. The molecule has 2 amide bonds. The predicted octanol–water partition coefficient (Wildman–Crippen LogP) is 4.17. The van der Waals surface area contributed by atoms with Crippen LogP contribution >= 0.6 is 0 Å². The number of carbonyl (C=O) groups excluding carboxylic acids is 1. The summed E-state index contributed by atoms with van der Waals surface area (Å²) in [7, 11) is -3.56. The number of benzene rings is 2. The average Bonchev–Trinajstić information content (AvgIpc) is 3.61. The molecule has 0 aliphatic heterocycles. The molecule has 0 heterocycles. The molecule has 2 aromatic rings. The third-order valence-electron chi connectivity index (χ3n) is 5.96. The second kappa shape index (κ2) is 10.4. The van der Waals surface area contributed by atoms with Crippen molar-refractivity contribution in [3.63, 3.8) is 0 Å². The Balaban J connectivity index is 1.83. The standard InChI is InChI=1S/C23H22F6N2O6S/c24-22(25,26)21(35,23(27,28)29)15-5-7-16(8-6-15)31-19(32)18(11-30-20(33)34)14-3-9-17(10-4-14)38(36,37)12-13-1-2-13/h3-10,13,18,30,35H,1-2,11-12H2,(H,31,32)(H,33,34). The van der Waals surface area contributed by atoms with E-state index in [1.54, 1.807) is 0 Å². The number of sulfone groups is 1. The molecule has 0 saturated heterocycles. The molecular weight excluding hydrogens is 546 g/mol. The lowest BCUT2D eigenvalue weighted by molar-refractivity contribution is -0.376. The Hall–Kier alpha value is -3.33. The van der Waals surface area contributed by atoms with E-state index < -0.39 is 57.8 Å². The lowest BCUT2D eigenvalue weighted by Crippen LogP contribution is -2.53. The van der Waals surface area contributed by atoms with E-state index in [0.29, 0.717) is 24.3 Å². The molecule has 1 unspecified atom stereocenters. The Morgan fingerprint density at radius 3 is 1.89 bits per heavy atom. The fourth-order valence-corrected chi connectivity index (χ4v) is 5.36. The molecule has 8 nitrogen and oxygen atoms in total. The number of amides is 2. The summed E-state index contributed by atoms with van der Waals surface area (Å²) in [5.74, 6) is -2.06. The molecule has 0 bridgehead atoms. The summed E-state index contributed by atoms with van der Waals surface area (Å²) < 4.78 is 103. The van der Waals surface area contributed by atoms with Gasteiger partial charge in [-0.1, -0.05) is 24.3 Å². The van der Waals surface area contributed by atoms with Crippen LogP contribution in [0.25, 0.3) is 0 Å². The molecule has 1 fully saturated rings. The van der Waals surface area contributed by atoms with Crippen LogP contribution in [0.15, 0.2) is 53.4 Å². The van der Waals surface area contributed by atoms with E-state index in [1.807, 2.05) is 5.32 Å². The van der Waals surface area contributed by atoms with E-state index in [0.717, 1.165) is 12.8 Å². The van der Waals surface area contributed by atoms with Crippen LogP contribution in [0.5, 0.6) is 0 Å². The number of nitrogens with one attached hydrogen (secondary N) is 2. The SMILES string of the molecule is O=C(O)NCC(C(=O)Nc1ccc(C(O)(C(F)(F)F)C(F)(F)F)cc1)c1ccc(S(=O)(=O)CC2CC2)cc1. The van der Waals surface area contributed by atoms with Gasteiger partial charge in [-0.15, -0.1) is 0 Å². The molecule has 0 aromatic heterocycles. The Labute approximate surface area is 212 Å². The van der Waals surface area contributed by atoms with Crippen molar-refractivity contribution in [3.05, 3.63) is 59.7 Å². The molecule has 0 radical (unpaired) electrons. The number of carboxylic acid groups (broad SMARTS) is 1. The van der Waals surface area contributed by atoms with Gasteiger partial charge in [-0.2, -0.15) is 26.3 Å². The topological polar surface area (TPSA) is 133 Å². The second-order valence-electron chi connectivity index (χ2n) is 8.80. The maximum absolute atomic E-state index is 13.1. The molecule has 38 heavy (non-hydrogen) atoms. The molecule has 4 N–H and O–H groups in total. The van der Waals surface area contributed by atoms with Gasteiger partial charge in [0.1, 0.15) is 0 Å². The molecule has 0 spiro atoms. The van der Waals surface area contributed by atoms with Crippen molar-refractivity contribution in [2.75, 3.05) is 17.6 Å². The Morgan fingerprint density at radius 1 is 0.921 bits per heavy atom. The molecule has 1 atom stereocenters. The minimum absolute atomic E-state index is 0.0101. The minimum Gasteiger partial charge on any atom is -0.465 e. The molecule has 15 heteroatoms. The average molecular weight is 568 g/mol. The number of aliphatic hydroxyl groups is 1. The number of halogens is 6. The van der Waals surface area contributed by atoms with Gasteiger partial charge in [-0.25, -0.2) is 13.2 Å². The number of rotatable bonds is 9. The van der Waals surface area contributed by atoms with Crippen molar-refractivity contribution >= 4 is 27.5 Å². The van der Waals surface area contributed by atoms with Crippen molar-refractivity contribution in [1.29, 1.82) is 0 Å². The van der Waals surface area contributed by atoms with Gasteiger partial charge in [0.2, 0.25) is 5.91 Å². The first kappa shape index (κ1) is 29.2. The van der Waals surface area contributed by atoms with Crippen molar-refractivity contribution in [1.82, 2.24) is 5.32 Å². The first-order valence-electron chi connectivity index (χ1n) is 11.0. The summed E-state index contributed by atoms with van der Waals surface area (Å²) in [4.78, 5) is 23.9. The first-order valence-corrected chi connectivity index (χ1v) is 12.7. The largest absolute Gasteiger partial charge is 0.465 e. The summed E-state index contributed by atoms with van der Waals surface area (Å²) in [6, 6.07) is 7.26. The molecule has 1 aliphatic carbocycles. The quantitative estimate of drug-likeness (QED) is 0.336. The van der Waals surface area contributed by atoms with E-state index in [4.69, 9.17) is 5.11 Å². The summed E-state index contributed by atoms with van der Waals surface area (Å²) in [6.07, 6.45) is -12.0. The van der Waals surface area contributed by atoms with E-state index in [9.17, 15) is 49.5 Å². The van der Waals surface area contributed by atoms with Crippen molar-refractivity contribution in [2.24, 2.45) is 5.92 Å². The number of hydrogen-bond acceptors (Lipinski definition) is 5. The second-order valence-corrected chi connectivity index (χ2v) is 10.8. The number of carbonyl (C=O) groups is 2. The summed E-state index contributed by atoms with van der Waals surface area (Å²) in [5, 5.41) is 22.7. The zero-order valence-corrected chi connectivity index (χ0v) is 20.1. The van der Waals surface area contributed by atoms with Crippen LogP contribution in [-0.2, 0) is 20.2 Å². The van der Waals surface area contributed by atoms with Crippen LogP contribution in [0.3, 0.4) is 0 Å². The van der Waals surface area contributed by atoms with E-state index in [-0.39, 0.29) is 27.8 Å². The van der Waals surface area contributed by atoms with Gasteiger partial charge in [0.25, 0.3) is 5.60 Å². The normalized spacial score (nSPS) is 15.6. The highest BCUT2D eigenvalue weighted by atomic mass is 32.2. The molecular formula is C23H22F6N2O6S. The first-order chi connectivity index (χ1) is 17.5. The number of hydrogen-bond donors (Lipinski definition) is 4. The van der Waals surface area contributed by atoms with Crippen LogP contribution in [0, 0.1) is 5.92 Å². The van der Waals surface area contributed by atoms with E-state index in [1.165, 1.54) is 24.3 Å². The summed E-state index contributed by atoms with van der Waals surface area (Å²) in [5.41, 5.74) is -6.71. The van der Waals surface area contributed by atoms with Gasteiger partial charge < -0.3 is 20.8 Å². The predicted molar refractivity (Wildman–Crippen MR) is 121 cm³/mol. The lowest BCUT2D eigenvalue weighted by atomic mass is 9.92. The molecule has 2 aromatic carbocycles. The van der Waals surface area contributed by atoms with Gasteiger partial charge in [0, 0.05) is 17.8 Å². The van der Waals surface area contributed by atoms with Crippen molar-refractivity contribution in [2.45, 2.75) is 41.6 Å². The van der Waals surface area contributed by atoms with Crippen molar-refractivity contribution in [3.8, 4) is 0 Å². The third kappa shape index (κ3) is 6.38. The van der Waals surface area contributed by atoms with Crippen LogP contribution < -0.4 is 10.6 Å². The van der Waals surface area contributed by atoms with Crippen molar-refractivity contribution < 1.29 is 54.6 Å². The monoisotopic (exact) mass is 568 g/mol. The van der Waals surface area contributed by atoms with E-state index in [2.05, 4.69) is 5.32 Å². The van der Waals surface area contributed by atoms with Gasteiger partial charge in [-0.05, 0) is 48.6 Å². The van der Waals surface area contributed by atoms with Gasteiger partial charge >= 0.3 is 18.4 Å². The Bertz CT molecular complexity index is 1260. The van der Waals surface area contributed by atoms with Gasteiger partial charge in [0.15, 0.2) is 9.84 Å². The van der Waals surface area contributed by atoms with E-state index >= 15 is 0 Å². The number of alkyl halides is 6. The zero-order chi connectivity index (χ0) is 28.5. The molecule has 3 rings (SSSR count). The summed E-state index contributed by atoms with van der Waals surface area (Å²) >= 11 is 0. The molecule has 208 valence electrons. The lowest BCUT2D eigenvalue weighted by Gasteiger charge is -2.32. The van der Waals surface area contributed by atoms with Crippen LogP contribution in [0.2, 0.25) is 0 Å². The smallest absolute Gasteiger partial charge is 0.430 e. The van der Waals surface area contributed by atoms with Gasteiger partial charge in [0.05, 0.1) is 16.6 Å². The van der Waals surface area contributed by atoms with Crippen LogP contribution in [-0.4, -0.2) is 55.3 Å². The molecule has 1 saturated carbocycles. The summed E-state index contributed by atoms with van der Waals surface area (Å²) in [6.45, 7) is -0.477. The zero-order valence-electron chi connectivity index (χ0n) is 19.3. The van der Waals surface area contributed by atoms with Gasteiger partial charge in [-0.3, -0.25) is 4.79 Å². The highest BCUT2D eigenvalue weighted by molar-refractivity contribution is 7.91. The maximum Gasteiger partial charge on any atom is 0.430 e. The highest BCUT2D eigenvalue weighted by Crippen LogP contribution is 2.50. The molecule has 1 aliphatic rings. The Morgan fingerprint density at radius 2 is 1.45 bits per heavy atom. The highest BCUT2D eigenvalue weighted by Gasteiger charge is 2.71.